The van der Waals surface area contributed by atoms with Gasteiger partial charge in [0.15, 0.2) is 0 Å². The number of amides is 1. The molecule has 0 saturated heterocycles. The summed E-state index contributed by atoms with van der Waals surface area (Å²) in [4.78, 5) is 11.7. The first kappa shape index (κ1) is 15.3. The minimum absolute atomic E-state index is 0.274. The van der Waals surface area contributed by atoms with E-state index < -0.39 is 5.60 Å². The van der Waals surface area contributed by atoms with Crippen LogP contribution in [0, 0.1) is 5.92 Å². The fourth-order valence-electron chi connectivity index (χ4n) is 2.57. The second-order valence-corrected chi connectivity index (χ2v) is 6.31. The summed E-state index contributed by atoms with van der Waals surface area (Å²) in [6.45, 7) is 6.42. The first-order chi connectivity index (χ1) is 8.40. The number of hydrogen-bond donors (Lipinski definition) is 2. The van der Waals surface area contributed by atoms with Crippen LogP contribution in [0.25, 0.3) is 0 Å². The van der Waals surface area contributed by atoms with Crippen molar-refractivity contribution in [2.24, 2.45) is 11.7 Å². The van der Waals surface area contributed by atoms with E-state index in [-0.39, 0.29) is 12.1 Å². The van der Waals surface area contributed by atoms with Crippen LogP contribution in [0.15, 0.2) is 0 Å². The van der Waals surface area contributed by atoms with Crippen molar-refractivity contribution in [2.75, 3.05) is 6.54 Å². The number of ether oxygens (including phenoxy) is 1. The normalized spacial score (nSPS) is 24.7. The fraction of sp³-hybridized carbons (Fsp3) is 0.929. The lowest BCUT2D eigenvalue weighted by atomic mass is 9.83. The number of nitrogens with one attached hydrogen (secondary N) is 1. The molecule has 0 radical (unpaired) electrons. The molecule has 0 heterocycles. The van der Waals surface area contributed by atoms with Crippen LogP contribution in [0.2, 0.25) is 0 Å². The molecule has 1 rings (SSSR count). The van der Waals surface area contributed by atoms with Gasteiger partial charge in [0, 0.05) is 6.04 Å². The molecule has 1 aliphatic rings. The molecule has 106 valence electrons. The van der Waals surface area contributed by atoms with Crippen LogP contribution in [0.3, 0.4) is 0 Å². The van der Waals surface area contributed by atoms with Crippen LogP contribution >= 0.6 is 0 Å². The summed E-state index contributed by atoms with van der Waals surface area (Å²) in [5, 5.41) is 2.99. The van der Waals surface area contributed by atoms with E-state index in [1.807, 2.05) is 20.8 Å². The topological polar surface area (TPSA) is 64.3 Å². The van der Waals surface area contributed by atoms with Crippen molar-refractivity contribution in [3.05, 3.63) is 0 Å². The largest absolute Gasteiger partial charge is 0.444 e. The zero-order chi connectivity index (χ0) is 13.6. The summed E-state index contributed by atoms with van der Waals surface area (Å²) in [6.07, 6.45) is 6.58. The highest BCUT2D eigenvalue weighted by Gasteiger charge is 2.25. The smallest absolute Gasteiger partial charge is 0.407 e. The number of carbonyl (C=O) groups is 1. The van der Waals surface area contributed by atoms with Crippen LogP contribution in [-0.4, -0.2) is 24.3 Å². The molecular weight excluding hydrogens is 228 g/mol. The summed E-state index contributed by atoms with van der Waals surface area (Å²) in [5.41, 5.74) is 5.12. The average molecular weight is 256 g/mol. The van der Waals surface area contributed by atoms with E-state index in [2.05, 4.69) is 5.32 Å². The third-order valence-electron chi connectivity index (χ3n) is 3.32. The molecule has 18 heavy (non-hydrogen) atoms. The molecule has 1 fully saturated rings. The molecular formula is C14H28N2O2. The Balaban J connectivity index is 2.31. The summed E-state index contributed by atoms with van der Waals surface area (Å²) in [7, 11) is 0. The number of carbonyl (C=O) groups excluding carboxylic acids is 1. The Morgan fingerprint density at radius 3 is 2.72 bits per heavy atom. The van der Waals surface area contributed by atoms with Gasteiger partial charge in [-0.2, -0.15) is 0 Å². The lowest BCUT2D eigenvalue weighted by Crippen LogP contribution is -2.41. The second kappa shape index (κ2) is 6.98. The number of nitrogens with two attached hydrogens (primary N) is 1. The van der Waals surface area contributed by atoms with Crippen molar-refractivity contribution in [1.29, 1.82) is 0 Å². The molecule has 1 saturated carbocycles. The predicted molar refractivity (Wildman–Crippen MR) is 73.4 cm³/mol. The molecule has 0 aromatic rings. The fourth-order valence-corrected chi connectivity index (χ4v) is 2.57. The van der Waals surface area contributed by atoms with Gasteiger partial charge in [0.2, 0.25) is 0 Å². The van der Waals surface area contributed by atoms with E-state index in [0.29, 0.717) is 5.92 Å². The van der Waals surface area contributed by atoms with E-state index >= 15 is 0 Å². The van der Waals surface area contributed by atoms with Crippen LogP contribution in [-0.2, 0) is 4.74 Å². The Hall–Kier alpha value is -0.770. The Kier molecular flexibility index (Phi) is 5.93. The molecule has 2 atom stereocenters. The highest BCUT2D eigenvalue weighted by atomic mass is 16.6. The van der Waals surface area contributed by atoms with Gasteiger partial charge in [-0.05, 0) is 58.9 Å². The maximum Gasteiger partial charge on any atom is 0.407 e. The molecule has 0 aromatic heterocycles. The Bertz CT molecular complexity index is 261. The highest BCUT2D eigenvalue weighted by molar-refractivity contribution is 5.68. The Labute approximate surface area is 111 Å². The van der Waals surface area contributed by atoms with Gasteiger partial charge in [-0.1, -0.05) is 12.8 Å². The van der Waals surface area contributed by atoms with E-state index in [1.54, 1.807) is 0 Å². The van der Waals surface area contributed by atoms with Crippen molar-refractivity contribution in [2.45, 2.75) is 70.9 Å². The van der Waals surface area contributed by atoms with Crippen molar-refractivity contribution in [1.82, 2.24) is 5.32 Å². The molecule has 4 heteroatoms. The Morgan fingerprint density at radius 2 is 2.11 bits per heavy atom. The van der Waals surface area contributed by atoms with Gasteiger partial charge in [0.25, 0.3) is 0 Å². The van der Waals surface area contributed by atoms with Crippen molar-refractivity contribution >= 4 is 6.09 Å². The summed E-state index contributed by atoms with van der Waals surface area (Å²) < 4.78 is 5.29. The summed E-state index contributed by atoms with van der Waals surface area (Å²) in [5.74, 6) is 0.710. The zero-order valence-electron chi connectivity index (χ0n) is 12.0. The molecule has 0 aliphatic heterocycles. The van der Waals surface area contributed by atoms with Crippen LogP contribution in [0.1, 0.15) is 59.3 Å². The summed E-state index contributed by atoms with van der Waals surface area (Å²) in [6, 6.07) is 0.274. The SMILES string of the molecule is CC(C)(C)OC(=O)NC1CCCC(CCCN)C1. The van der Waals surface area contributed by atoms with Crippen molar-refractivity contribution in [3.8, 4) is 0 Å². The molecule has 3 N–H and O–H groups in total. The zero-order valence-corrected chi connectivity index (χ0v) is 12.0. The maximum absolute atomic E-state index is 11.7. The van der Waals surface area contributed by atoms with E-state index in [0.717, 1.165) is 25.8 Å². The van der Waals surface area contributed by atoms with Crippen molar-refractivity contribution < 1.29 is 9.53 Å². The molecule has 0 aromatic carbocycles. The maximum atomic E-state index is 11.7. The monoisotopic (exact) mass is 256 g/mol. The number of alkyl carbamates (subject to hydrolysis) is 1. The molecule has 1 aliphatic carbocycles. The lowest BCUT2D eigenvalue weighted by Gasteiger charge is -2.30. The third-order valence-corrected chi connectivity index (χ3v) is 3.32. The van der Waals surface area contributed by atoms with Gasteiger partial charge < -0.3 is 15.8 Å². The molecule has 4 nitrogen and oxygen atoms in total. The van der Waals surface area contributed by atoms with Gasteiger partial charge in [-0.3, -0.25) is 0 Å². The number of hydrogen-bond acceptors (Lipinski definition) is 3. The van der Waals surface area contributed by atoms with Gasteiger partial charge >= 0.3 is 6.09 Å². The predicted octanol–water partition coefficient (Wildman–Crippen LogP) is 2.81. The van der Waals surface area contributed by atoms with Crippen molar-refractivity contribution in [3.63, 3.8) is 0 Å². The van der Waals surface area contributed by atoms with E-state index in [9.17, 15) is 4.79 Å². The second-order valence-electron chi connectivity index (χ2n) is 6.31. The standard InChI is InChI=1S/C14H28N2O2/c1-14(2,3)18-13(17)16-12-8-4-6-11(10-12)7-5-9-15/h11-12H,4-10,15H2,1-3H3,(H,16,17). The first-order valence-corrected chi connectivity index (χ1v) is 7.10. The first-order valence-electron chi connectivity index (χ1n) is 7.10. The minimum Gasteiger partial charge on any atom is -0.444 e. The average Bonchev–Trinajstić information content (AvgIpc) is 2.24. The molecule has 0 spiro atoms. The third kappa shape index (κ3) is 6.24. The van der Waals surface area contributed by atoms with Crippen LogP contribution in [0.5, 0.6) is 0 Å². The molecule has 1 amide bonds. The van der Waals surface area contributed by atoms with Gasteiger partial charge in [0.1, 0.15) is 5.60 Å². The molecule has 0 bridgehead atoms. The Morgan fingerprint density at radius 1 is 1.39 bits per heavy atom. The van der Waals surface area contributed by atoms with Crippen LogP contribution in [0.4, 0.5) is 4.79 Å². The van der Waals surface area contributed by atoms with Gasteiger partial charge in [-0.15, -0.1) is 0 Å². The number of rotatable bonds is 4. The lowest BCUT2D eigenvalue weighted by molar-refractivity contribution is 0.0484. The quantitative estimate of drug-likeness (QED) is 0.813. The van der Waals surface area contributed by atoms with Gasteiger partial charge in [0.05, 0.1) is 0 Å². The minimum atomic E-state index is -0.419. The van der Waals surface area contributed by atoms with E-state index in [1.165, 1.54) is 19.3 Å². The molecule has 2 unspecified atom stereocenters. The van der Waals surface area contributed by atoms with Crippen LogP contribution < -0.4 is 11.1 Å². The van der Waals surface area contributed by atoms with Gasteiger partial charge in [-0.25, -0.2) is 4.79 Å². The van der Waals surface area contributed by atoms with E-state index in [4.69, 9.17) is 10.5 Å². The highest BCUT2D eigenvalue weighted by Crippen LogP contribution is 2.27. The summed E-state index contributed by atoms with van der Waals surface area (Å²) >= 11 is 0.